The van der Waals surface area contributed by atoms with Crippen LogP contribution in [0.15, 0.2) is 42.5 Å². The lowest BCUT2D eigenvalue weighted by Gasteiger charge is -2.09. The van der Waals surface area contributed by atoms with Crippen LogP contribution in [0.4, 0.5) is 4.39 Å². The first-order valence-electron chi connectivity index (χ1n) is 6.47. The molecule has 0 radical (unpaired) electrons. The van der Waals surface area contributed by atoms with Gasteiger partial charge < -0.3 is 15.2 Å². The van der Waals surface area contributed by atoms with E-state index in [9.17, 15) is 4.39 Å². The molecular weight excluding hydrogens is 257 g/mol. The van der Waals surface area contributed by atoms with Gasteiger partial charge >= 0.3 is 0 Å². The Kier molecular flexibility index (Phi) is 4.96. The molecule has 0 saturated carbocycles. The zero-order chi connectivity index (χ0) is 14.4. The predicted octanol–water partition coefficient (Wildman–Crippen LogP) is 2.91. The molecule has 4 heteroatoms. The summed E-state index contributed by atoms with van der Waals surface area (Å²) in [6, 6.07) is 12.6. The van der Waals surface area contributed by atoms with E-state index in [1.165, 1.54) is 13.2 Å². The van der Waals surface area contributed by atoms with Crippen LogP contribution in [0.3, 0.4) is 0 Å². The molecule has 0 spiro atoms. The number of ether oxygens (including phenoxy) is 2. The van der Waals surface area contributed by atoms with Crippen LogP contribution in [-0.2, 0) is 13.0 Å². The normalized spacial score (nSPS) is 10.3. The van der Waals surface area contributed by atoms with Crippen molar-refractivity contribution in [2.45, 2.75) is 13.0 Å². The molecule has 0 aromatic heterocycles. The third-order valence-electron chi connectivity index (χ3n) is 2.95. The molecular formula is C16H18FNO2. The Morgan fingerprint density at radius 3 is 2.65 bits per heavy atom. The van der Waals surface area contributed by atoms with Crippen molar-refractivity contribution in [3.05, 3.63) is 59.4 Å². The van der Waals surface area contributed by atoms with Gasteiger partial charge in [-0.15, -0.1) is 0 Å². The standard InChI is InChI=1S/C16H18FNO2/c1-19-16-6-5-13(10-15(16)17)11-20-14-4-2-3-12(9-14)7-8-18/h2-6,9-10H,7-8,11,18H2,1H3. The zero-order valence-corrected chi connectivity index (χ0v) is 11.4. The smallest absolute Gasteiger partial charge is 0.165 e. The van der Waals surface area contributed by atoms with Crippen LogP contribution < -0.4 is 15.2 Å². The maximum atomic E-state index is 13.5. The van der Waals surface area contributed by atoms with Gasteiger partial charge in [0.15, 0.2) is 11.6 Å². The molecule has 3 nitrogen and oxygen atoms in total. The molecule has 0 fully saturated rings. The molecule has 2 rings (SSSR count). The minimum absolute atomic E-state index is 0.235. The van der Waals surface area contributed by atoms with Gasteiger partial charge in [-0.2, -0.15) is 0 Å². The van der Waals surface area contributed by atoms with E-state index >= 15 is 0 Å². The highest BCUT2D eigenvalue weighted by Gasteiger charge is 2.04. The SMILES string of the molecule is COc1ccc(COc2cccc(CCN)c2)cc1F. The average Bonchev–Trinajstić information content (AvgIpc) is 2.46. The lowest BCUT2D eigenvalue weighted by molar-refractivity contribution is 0.304. The molecule has 106 valence electrons. The van der Waals surface area contributed by atoms with E-state index in [0.29, 0.717) is 13.2 Å². The Labute approximate surface area is 118 Å². The quantitative estimate of drug-likeness (QED) is 0.881. The summed E-state index contributed by atoms with van der Waals surface area (Å²) >= 11 is 0. The van der Waals surface area contributed by atoms with Crippen molar-refractivity contribution in [2.75, 3.05) is 13.7 Å². The third-order valence-corrected chi connectivity index (χ3v) is 2.95. The molecule has 0 aliphatic heterocycles. The Bertz CT molecular complexity index is 572. The number of methoxy groups -OCH3 is 1. The maximum Gasteiger partial charge on any atom is 0.165 e. The molecule has 0 saturated heterocycles. The summed E-state index contributed by atoms with van der Waals surface area (Å²) in [4.78, 5) is 0. The summed E-state index contributed by atoms with van der Waals surface area (Å²) in [7, 11) is 1.44. The van der Waals surface area contributed by atoms with Gasteiger partial charge in [0, 0.05) is 0 Å². The first-order valence-corrected chi connectivity index (χ1v) is 6.47. The fourth-order valence-electron chi connectivity index (χ4n) is 1.92. The summed E-state index contributed by atoms with van der Waals surface area (Å²) in [5, 5.41) is 0. The largest absolute Gasteiger partial charge is 0.494 e. The summed E-state index contributed by atoms with van der Waals surface area (Å²) in [6.45, 7) is 0.917. The Balaban J connectivity index is 2.01. The Morgan fingerprint density at radius 2 is 1.95 bits per heavy atom. The number of hydrogen-bond donors (Lipinski definition) is 1. The monoisotopic (exact) mass is 275 g/mol. The van der Waals surface area contributed by atoms with Crippen LogP contribution in [0.25, 0.3) is 0 Å². The topological polar surface area (TPSA) is 44.5 Å². The molecule has 0 atom stereocenters. The molecule has 20 heavy (non-hydrogen) atoms. The number of nitrogens with two attached hydrogens (primary N) is 1. The maximum absolute atomic E-state index is 13.5. The van der Waals surface area contributed by atoms with Gasteiger partial charge in [0.1, 0.15) is 12.4 Å². The second kappa shape index (κ2) is 6.91. The molecule has 2 aromatic rings. The summed E-state index contributed by atoms with van der Waals surface area (Å²) < 4.78 is 24.1. The molecule has 2 N–H and O–H groups in total. The van der Waals surface area contributed by atoms with Crippen LogP contribution in [0, 0.1) is 5.82 Å². The second-order valence-electron chi connectivity index (χ2n) is 4.44. The van der Waals surface area contributed by atoms with Crippen molar-refractivity contribution in [3.63, 3.8) is 0 Å². The zero-order valence-electron chi connectivity index (χ0n) is 11.4. The van der Waals surface area contributed by atoms with Crippen LogP contribution >= 0.6 is 0 Å². The minimum Gasteiger partial charge on any atom is -0.494 e. The van der Waals surface area contributed by atoms with Crippen molar-refractivity contribution < 1.29 is 13.9 Å². The van der Waals surface area contributed by atoms with Gasteiger partial charge in [-0.25, -0.2) is 4.39 Å². The molecule has 0 unspecified atom stereocenters. The van der Waals surface area contributed by atoms with E-state index in [0.717, 1.165) is 23.3 Å². The highest BCUT2D eigenvalue weighted by molar-refractivity contribution is 5.31. The molecule has 0 bridgehead atoms. The van der Waals surface area contributed by atoms with Crippen molar-refractivity contribution in [1.29, 1.82) is 0 Å². The van der Waals surface area contributed by atoms with Gasteiger partial charge in [-0.1, -0.05) is 18.2 Å². The van der Waals surface area contributed by atoms with Crippen LogP contribution in [-0.4, -0.2) is 13.7 Å². The van der Waals surface area contributed by atoms with Gasteiger partial charge in [-0.3, -0.25) is 0 Å². The number of hydrogen-bond acceptors (Lipinski definition) is 3. The van der Waals surface area contributed by atoms with E-state index in [-0.39, 0.29) is 11.6 Å². The van der Waals surface area contributed by atoms with E-state index in [1.54, 1.807) is 12.1 Å². The number of benzene rings is 2. The van der Waals surface area contributed by atoms with E-state index in [4.69, 9.17) is 15.2 Å². The van der Waals surface area contributed by atoms with E-state index in [1.807, 2.05) is 24.3 Å². The van der Waals surface area contributed by atoms with Crippen molar-refractivity contribution in [2.24, 2.45) is 5.73 Å². The van der Waals surface area contributed by atoms with Crippen LogP contribution in [0.2, 0.25) is 0 Å². The lowest BCUT2D eigenvalue weighted by atomic mass is 10.1. The fourth-order valence-corrected chi connectivity index (χ4v) is 1.92. The molecule has 0 aliphatic carbocycles. The van der Waals surface area contributed by atoms with Crippen LogP contribution in [0.5, 0.6) is 11.5 Å². The second-order valence-corrected chi connectivity index (χ2v) is 4.44. The molecule has 2 aromatic carbocycles. The lowest BCUT2D eigenvalue weighted by Crippen LogP contribution is -2.03. The Hall–Kier alpha value is -2.07. The summed E-state index contributed by atoms with van der Waals surface area (Å²) in [6.07, 6.45) is 0.814. The number of halogens is 1. The van der Waals surface area contributed by atoms with E-state index < -0.39 is 0 Å². The predicted molar refractivity (Wildman–Crippen MR) is 76.5 cm³/mol. The van der Waals surface area contributed by atoms with Crippen LogP contribution in [0.1, 0.15) is 11.1 Å². The van der Waals surface area contributed by atoms with Gasteiger partial charge in [0.25, 0.3) is 0 Å². The molecule has 0 amide bonds. The molecule has 0 aliphatic rings. The highest BCUT2D eigenvalue weighted by atomic mass is 19.1. The highest BCUT2D eigenvalue weighted by Crippen LogP contribution is 2.20. The number of rotatable bonds is 6. The fraction of sp³-hybridized carbons (Fsp3) is 0.250. The Morgan fingerprint density at radius 1 is 1.10 bits per heavy atom. The van der Waals surface area contributed by atoms with E-state index in [2.05, 4.69) is 0 Å². The summed E-state index contributed by atoms with van der Waals surface area (Å²) in [5.74, 6) is 0.608. The third kappa shape index (κ3) is 3.71. The van der Waals surface area contributed by atoms with Gasteiger partial charge in [-0.05, 0) is 48.4 Å². The first kappa shape index (κ1) is 14.3. The average molecular weight is 275 g/mol. The minimum atomic E-state index is -0.384. The van der Waals surface area contributed by atoms with Crippen molar-refractivity contribution in [3.8, 4) is 11.5 Å². The molecule has 0 heterocycles. The van der Waals surface area contributed by atoms with Gasteiger partial charge in [0.05, 0.1) is 7.11 Å². The van der Waals surface area contributed by atoms with Crippen molar-refractivity contribution in [1.82, 2.24) is 0 Å². The first-order chi connectivity index (χ1) is 9.72. The summed E-state index contributed by atoms with van der Waals surface area (Å²) in [5.41, 5.74) is 7.41. The van der Waals surface area contributed by atoms with Gasteiger partial charge in [0.2, 0.25) is 0 Å². The van der Waals surface area contributed by atoms with Crippen molar-refractivity contribution >= 4 is 0 Å².